The first kappa shape index (κ1) is 24.8. The highest BCUT2D eigenvalue weighted by molar-refractivity contribution is 8.06. The van der Waals surface area contributed by atoms with Crippen molar-refractivity contribution in [3.05, 3.63) is 81.1 Å². The van der Waals surface area contributed by atoms with Gasteiger partial charge in [0.2, 0.25) is 0 Å². The summed E-state index contributed by atoms with van der Waals surface area (Å²) >= 11 is 2.85. The molecule has 0 amide bonds. The number of fused-ring (bicyclic) bond motifs is 1. The molecule has 0 fully saturated rings. The molecule has 0 spiro atoms. The van der Waals surface area contributed by atoms with Crippen LogP contribution in [0, 0.1) is 17.2 Å². The summed E-state index contributed by atoms with van der Waals surface area (Å²) in [5.74, 6) is 0.642. The van der Waals surface area contributed by atoms with E-state index in [0.29, 0.717) is 26.4 Å². The summed E-state index contributed by atoms with van der Waals surface area (Å²) in [5.41, 5.74) is 15.9. The Labute approximate surface area is 222 Å². The molecule has 0 radical (unpaired) electrons. The number of carbonyl (C=O) groups is 1. The fourth-order valence-corrected chi connectivity index (χ4v) is 6.64. The highest BCUT2D eigenvalue weighted by Crippen LogP contribution is 2.43. The standard InChI is InChI=1S/C28H25N5O2S2/c1-15-11-22(36-14-19(15)17-7-4-3-5-8-17)16(2)32-13-20(34)26-25(30)24-23(21-9-6-10-35-21)18(12-29)27(31)33-28(24)37-26/h3-11,14-16,32H,13,30H2,1-2H3,(H2,31,33). The average molecular weight is 528 g/mol. The van der Waals surface area contributed by atoms with Crippen molar-refractivity contribution < 1.29 is 9.21 Å². The van der Waals surface area contributed by atoms with Gasteiger partial charge in [0.1, 0.15) is 28.0 Å². The molecule has 1 aliphatic heterocycles. The van der Waals surface area contributed by atoms with Gasteiger partial charge >= 0.3 is 0 Å². The van der Waals surface area contributed by atoms with Crippen LogP contribution < -0.4 is 16.8 Å². The SMILES string of the molecule is CC1C=C(C(C)NCC(=O)c2sc3nc(N)c(C#N)c(-c4ccco4)c3c2N)SC=C1c1ccccc1. The van der Waals surface area contributed by atoms with Crippen LogP contribution in [0.3, 0.4) is 0 Å². The van der Waals surface area contributed by atoms with E-state index in [9.17, 15) is 10.1 Å². The summed E-state index contributed by atoms with van der Waals surface area (Å²) < 4.78 is 5.54. The van der Waals surface area contributed by atoms with Crippen LogP contribution in [0.2, 0.25) is 0 Å². The third-order valence-electron chi connectivity index (χ3n) is 6.37. The Morgan fingerprint density at radius 3 is 2.70 bits per heavy atom. The zero-order valence-corrected chi connectivity index (χ0v) is 22.0. The summed E-state index contributed by atoms with van der Waals surface area (Å²) in [6.07, 6.45) is 3.75. The number of nitriles is 1. The molecule has 5 N–H and O–H groups in total. The van der Waals surface area contributed by atoms with E-state index in [2.05, 4.69) is 46.9 Å². The maximum Gasteiger partial charge on any atom is 0.188 e. The van der Waals surface area contributed by atoms with Crippen LogP contribution in [0.5, 0.6) is 0 Å². The van der Waals surface area contributed by atoms with E-state index in [1.807, 2.05) is 25.1 Å². The van der Waals surface area contributed by atoms with E-state index in [1.165, 1.54) is 28.7 Å². The summed E-state index contributed by atoms with van der Waals surface area (Å²) in [6.45, 7) is 4.33. The number of hydrogen-bond acceptors (Lipinski definition) is 9. The van der Waals surface area contributed by atoms with Crippen LogP contribution in [-0.4, -0.2) is 23.4 Å². The third kappa shape index (κ3) is 4.67. The normalized spacial score (nSPS) is 16.2. The van der Waals surface area contributed by atoms with Gasteiger partial charge in [-0.3, -0.25) is 4.79 Å². The van der Waals surface area contributed by atoms with Crippen molar-refractivity contribution >= 4 is 56.2 Å². The topological polar surface area (TPSA) is 131 Å². The highest BCUT2D eigenvalue weighted by atomic mass is 32.2. The van der Waals surface area contributed by atoms with Gasteiger partial charge in [-0.2, -0.15) is 5.26 Å². The van der Waals surface area contributed by atoms with Gasteiger partial charge in [0, 0.05) is 22.3 Å². The van der Waals surface area contributed by atoms with E-state index in [4.69, 9.17) is 15.9 Å². The van der Waals surface area contributed by atoms with Gasteiger partial charge < -0.3 is 21.2 Å². The van der Waals surface area contributed by atoms with Crippen LogP contribution in [-0.2, 0) is 0 Å². The largest absolute Gasteiger partial charge is 0.464 e. The number of thioether (sulfide) groups is 1. The van der Waals surface area contributed by atoms with Crippen molar-refractivity contribution in [3.63, 3.8) is 0 Å². The molecule has 37 heavy (non-hydrogen) atoms. The number of furan rings is 1. The monoisotopic (exact) mass is 527 g/mol. The number of Topliss-reactive ketones (excluding diaryl/α,β-unsaturated/α-hetero) is 1. The first-order valence-electron chi connectivity index (χ1n) is 11.7. The number of rotatable bonds is 7. The number of ketones is 1. The predicted octanol–water partition coefficient (Wildman–Crippen LogP) is 6.06. The van der Waals surface area contributed by atoms with Gasteiger partial charge in [-0.05, 0) is 35.6 Å². The molecule has 0 saturated carbocycles. The van der Waals surface area contributed by atoms with Crippen molar-refractivity contribution in [3.8, 4) is 17.4 Å². The smallest absolute Gasteiger partial charge is 0.188 e. The summed E-state index contributed by atoms with van der Waals surface area (Å²) in [7, 11) is 0. The van der Waals surface area contributed by atoms with E-state index < -0.39 is 0 Å². The highest BCUT2D eigenvalue weighted by Gasteiger charge is 2.26. The number of carbonyl (C=O) groups excluding carboxylic acids is 1. The van der Waals surface area contributed by atoms with Crippen LogP contribution >= 0.6 is 23.1 Å². The van der Waals surface area contributed by atoms with Crippen molar-refractivity contribution in [1.29, 1.82) is 5.26 Å². The van der Waals surface area contributed by atoms with Gasteiger partial charge in [0.25, 0.3) is 0 Å². The van der Waals surface area contributed by atoms with Gasteiger partial charge in [0.15, 0.2) is 5.78 Å². The number of thiophene rings is 1. The van der Waals surface area contributed by atoms with Gasteiger partial charge in [-0.1, -0.05) is 43.3 Å². The second-order valence-corrected chi connectivity index (χ2v) is 10.7. The molecule has 0 saturated heterocycles. The molecule has 0 aliphatic carbocycles. The minimum absolute atomic E-state index is 0.0155. The Morgan fingerprint density at radius 1 is 1.24 bits per heavy atom. The first-order valence-corrected chi connectivity index (χ1v) is 13.4. The molecular weight excluding hydrogens is 502 g/mol. The zero-order chi connectivity index (χ0) is 26.1. The lowest BCUT2D eigenvalue weighted by molar-refractivity contribution is 0.0994. The number of nitrogen functional groups attached to an aromatic ring is 2. The van der Waals surface area contributed by atoms with Gasteiger partial charge in [0.05, 0.1) is 28.9 Å². The maximum atomic E-state index is 13.2. The molecule has 1 aromatic carbocycles. The molecule has 186 valence electrons. The van der Waals surface area contributed by atoms with Crippen molar-refractivity contribution in [2.24, 2.45) is 5.92 Å². The van der Waals surface area contributed by atoms with Crippen LogP contribution in [0.1, 0.15) is 34.6 Å². The van der Waals surface area contributed by atoms with E-state index in [1.54, 1.807) is 23.9 Å². The van der Waals surface area contributed by atoms with E-state index >= 15 is 0 Å². The summed E-state index contributed by atoms with van der Waals surface area (Å²) in [6, 6.07) is 15.9. The van der Waals surface area contributed by atoms with Crippen molar-refractivity contribution in [2.45, 2.75) is 19.9 Å². The minimum atomic E-state index is -0.148. The lowest BCUT2D eigenvalue weighted by atomic mass is 9.94. The molecule has 4 aromatic rings. The number of pyridine rings is 1. The lowest BCUT2D eigenvalue weighted by Crippen LogP contribution is -2.32. The quantitative estimate of drug-likeness (QED) is 0.247. The lowest BCUT2D eigenvalue weighted by Gasteiger charge is -2.24. The molecule has 1 aliphatic rings. The van der Waals surface area contributed by atoms with Crippen molar-refractivity contribution in [1.82, 2.24) is 10.3 Å². The third-order valence-corrected chi connectivity index (χ3v) is 8.64. The number of nitrogens with one attached hydrogen (secondary N) is 1. The van der Waals surface area contributed by atoms with Crippen LogP contribution in [0.15, 0.2) is 69.5 Å². The number of anilines is 2. The molecule has 4 heterocycles. The van der Waals surface area contributed by atoms with Crippen LogP contribution in [0.4, 0.5) is 11.5 Å². The summed E-state index contributed by atoms with van der Waals surface area (Å²) in [5, 5.41) is 15.7. The Morgan fingerprint density at radius 2 is 2.03 bits per heavy atom. The fraction of sp³-hybridized carbons (Fsp3) is 0.179. The Balaban J connectivity index is 1.35. The van der Waals surface area contributed by atoms with Crippen molar-refractivity contribution in [2.75, 3.05) is 18.0 Å². The molecule has 2 unspecified atom stereocenters. The zero-order valence-electron chi connectivity index (χ0n) is 20.3. The predicted molar refractivity (Wildman–Crippen MR) is 152 cm³/mol. The second-order valence-electron chi connectivity index (χ2n) is 8.80. The van der Waals surface area contributed by atoms with Gasteiger partial charge in [-0.15, -0.1) is 23.1 Å². The second kappa shape index (κ2) is 10.3. The molecule has 3 aromatic heterocycles. The Bertz CT molecular complexity index is 1580. The van der Waals surface area contributed by atoms with E-state index in [0.717, 1.165) is 4.91 Å². The molecule has 5 rings (SSSR count). The molecule has 0 bridgehead atoms. The minimum Gasteiger partial charge on any atom is -0.464 e. The molecular formula is C28H25N5O2S2. The summed E-state index contributed by atoms with van der Waals surface area (Å²) in [4.78, 5) is 19.6. The Kier molecular flexibility index (Phi) is 6.89. The van der Waals surface area contributed by atoms with Gasteiger partial charge in [-0.25, -0.2) is 4.98 Å². The number of nitrogens with two attached hydrogens (primary N) is 2. The maximum absolute atomic E-state index is 13.2. The fourth-order valence-electron chi connectivity index (χ4n) is 4.41. The average Bonchev–Trinajstić information content (AvgIpc) is 3.55. The molecule has 9 heteroatoms. The Hall–Kier alpha value is -3.84. The first-order chi connectivity index (χ1) is 17.9. The molecule has 2 atom stereocenters. The number of nitrogens with zero attached hydrogens (tertiary/aromatic N) is 2. The molecule has 7 nitrogen and oxygen atoms in total. The number of allylic oxidation sites excluding steroid dienone is 2. The number of aromatic nitrogens is 1. The van der Waals surface area contributed by atoms with Crippen LogP contribution in [0.25, 0.3) is 27.1 Å². The number of benzene rings is 1. The number of hydrogen-bond donors (Lipinski definition) is 3. The van der Waals surface area contributed by atoms with E-state index in [-0.39, 0.29) is 41.4 Å².